The summed E-state index contributed by atoms with van der Waals surface area (Å²) in [7, 11) is 0. The van der Waals surface area contributed by atoms with Crippen molar-refractivity contribution in [1.29, 1.82) is 5.26 Å². The average molecular weight is 295 g/mol. The summed E-state index contributed by atoms with van der Waals surface area (Å²) in [6.45, 7) is 6.52. The summed E-state index contributed by atoms with van der Waals surface area (Å²) in [5.74, 6) is 1.34. The van der Waals surface area contributed by atoms with Crippen molar-refractivity contribution in [3.63, 3.8) is 0 Å². The summed E-state index contributed by atoms with van der Waals surface area (Å²) in [5, 5.41) is 19.9. The fraction of sp³-hybridized carbons (Fsp3) is 0.550. The van der Waals surface area contributed by atoms with Gasteiger partial charge in [-0.3, -0.25) is 0 Å². The van der Waals surface area contributed by atoms with Crippen molar-refractivity contribution >= 4 is 0 Å². The van der Waals surface area contributed by atoms with Crippen molar-refractivity contribution in [1.82, 2.24) is 0 Å². The monoisotopic (exact) mass is 295 g/mol. The molecule has 0 heterocycles. The van der Waals surface area contributed by atoms with Crippen molar-refractivity contribution < 1.29 is 5.11 Å². The van der Waals surface area contributed by atoms with Gasteiger partial charge < -0.3 is 5.11 Å². The molecule has 116 valence electrons. The molecule has 0 bridgehead atoms. The van der Waals surface area contributed by atoms with Gasteiger partial charge in [0.1, 0.15) is 5.76 Å². The molecular formula is C20H25NO. The van der Waals surface area contributed by atoms with Gasteiger partial charge in [-0.25, -0.2) is 0 Å². The van der Waals surface area contributed by atoms with Gasteiger partial charge in [-0.1, -0.05) is 51.1 Å². The number of nitrogens with zero attached hydrogens (tertiary/aromatic N) is 1. The molecule has 1 saturated carbocycles. The zero-order chi connectivity index (χ0) is 16.0. The molecule has 1 unspecified atom stereocenters. The van der Waals surface area contributed by atoms with Crippen LogP contribution in [0.4, 0.5) is 0 Å². The predicted octanol–water partition coefficient (Wildman–Crippen LogP) is 5.34. The van der Waals surface area contributed by atoms with E-state index in [1.165, 1.54) is 12.0 Å². The van der Waals surface area contributed by atoms with Crippen LogP contribution in [0.15, 0.2) is 41.7 Å². The van der Waals surface area contributed by atoms with Crippen LogP contribution in [0.3, 0.4) is 0 Å². The Hall–Kier alpha value is -1.75. The summed E-state index contributed by atoms with van der Waals surface area (Å²) in [6, 6.07) is 13.0. The largest absolute Gasteiger partial charge is 0.511 e. The fourth-order valence-electron chi connectivity index (χ4n) is 5.09. The molecule has 3 atom stereocenters. The summed E-state index contributed by atoms with van der Waals surface area (Å²) in [4.78, 5) is 0. The molecule has 2 heteroatoms. The van der Waals surface area contributed by atoms with Gasteiger partial charge in [0, 0.05) is 5.41 Å². The van der Waals surface area contributed by atoms with Gasteiger partial charge >= 0.3 is 0 Å². The quantitative estimate of drug-likeness (QED) is 0.759. The van der Waals surface area contributed by atoms with Gasteiger partial charge in [0.15, 0.2) is 0 Å². The first-order chi connectivity index (χ1) is 10.4. The third kappa shape index (κ3) is 2.24. The second-order valence-electron chi connectivity index (χ2n) is 7.93. The Morgan fingerprint density at radius 1 is 1.14 bits per heavy atom. The van der Waals surface area contributed by atoms with Crippen LogP contribution >= 0.6 is 0 Å². The molecule has 1 fully saturated rings. The van der Waals surface area contributed by atoms with E-state index < -0.39 is 0 Å². The first kappa shape index (κ1) is 15.2. The van der Waals surface area contributed by atoms with Crippen molar-refractivity contribution in [2.75, 3.05) is 0 Å². The Balaban J connectivity index is 1.95. The molecule has 2 aliphatic carbocycles. The normalized spacial score (nSPS) is 33.9. The lowest BCUT2D eigenvalue weighted by atomic mass is 9.50. The molecule has 0 aromatic heterocycles. The number of hydrogen-bond donors (Lipinski definition) is 1. The summed E-state index contributed by atoms with van der Waals surface area (Å²) >= 11 is 0. The van der Waals surface area contributed by atoms with Crippen LogP contribution in [-0.2, 0) is 0 Å². The zero-order valence-corrected chi connectivity index (χ0v) is 13.8. The molecule has 22 heavy (non-hydrogen) atoms. The minimum absolute atomic E-state index is 0.0968. The number of nitriles is 1. The lowest BCUT2D eigenvalue weighted by Crippen LogP contribution is -2.46. The van der Waals surface area contributed by atoms with Crippen LogP contribution in [0.25, 0.3) is 0 Å². The lowest BCUT2D eigenvalue weighted by Gasteiger charge is -2.54. The molecule has 0 radical (unpaired) electrons. The average Bonchev–Trinajstić information content (AvgIpc) is 2.51. The smallest absolute Gasteiger partial charge is 0.112 e. The van der Waals surface area contributed by atoms with E-state index in [9.17, 15) is 10.4 Å². The number of aliphatic hydroxyl groups excluding tert-OH is 1. The zero-order valence-electron chi connectivity index (χ0n) is 13.8. The van der Waals surface area contributed by atoms with Crippen molar-refractivity contribution in [3.8, 4) is 6.07 Å². The van der Waals surface area contributed by atoms with Crippen molar-refractivity contribution in [2.45, 2.75) is 52.4 Å². The molecule has 0 saturated heterocycles. The van der Waals surface area contributed by atoms with Gasteiger partial charge in [0.25, 0.3) is 0 Å². The molecule has 0 spiro atoms. The second kappa shape index (κ2) is 5.16. The second-order valence-corrected chi connectivity index (χ2v) is 7.93. The van der Waals surface area contributed by atoms with E-state index in [1.807, 2.05) is 0 Å². The minimum atomic E-state index is -0.292. The van der Waals surface area contributed by atoms with Gasteiger partial charge in [0.2, 0.25) is 0 Å². The summed E-state index contributed by atoms with van der Waals surface area (Å²) in [5.41, 5.74) is 1.81. The van der Waals surface area contributed by atoms with E-state index >= 15 is 0 Å². The third-order valence-electron chi connectivity index (χ3n) is 6.11. The summed E-state index contributed by atoms with van der Waals surface area (Å²) in [6.07, 6.45) is 4.10. The Bertz CT molecular complexity index is 637. The number of hydrogen-bond acceptors (Lipinski definition) is 2. The fourth-order valence-corrected chi connectivity index (χ4v) is 5.09. The molecule has 1 aromatic carbocycles. The maximum absolute atomic E-state index is 10.5. The number of allylic oxidation sites excluding steroid dienone is 2. The lowest BCUT2D eigenvalue weighted by molar-refractivity contribution is -0.0109. The molecule has 1 N–H and O–H groups in total. The van der Waals surface area contributed by atoms with E-state index in [0.29, 0.717) is 29.6 Å². The van der Waals surface area contributed by atoms with Crippen LogP contribution < -0.4 is 0 Å². The molecule has 2 aliphatic rings. The van der Waals surface area contributed by atoms with Crippen LogP contribution in [-0.4, -0.2) is 5.11 Å². The van der Waals surface area contributed by atoms with Crippen molar-refractivity contribution in [3.05, 3.63) is 47.2 Å². The number of rotatable bonds is 1. The number of benzene rings is 1. The van der Waals surface area contributed by atoms with Gasteiger partial charge in [-0.05, 0) is 48.5 Å². The van der Waals surface area contributed by atoms with E-state index in [2.05, 4.69) is 57.2 Å². The van der Waals surface area contributed by atoms with Crippen LogP contribution in [0.2, 0.25) is 0 Å². The number of aliphatic hydroxyl groups is 1. The maximum atomic E-state index is 10.5. The van der Waals surface area contributed by atoms with Gasteiger partial charge in [-0.2, -0.15) is 5.26 Å². The molecular weight excluding hydrogens is 270 g/mol. The van der Waals surface area contributed by atoms with Crippen LogP contribution in [0.1, 0.15) is 57.9 Å². The van der Waals surface area contributed by atoms with E-state index in [4.69, 9.17) is 0 Å². The highest BCUT2D eigenvalue weighted by Crippen LogP contribution is 2.61. The topological polar surface area (TPSA) is 44.0 Å². The Morgan fingerprint density at radius 2 is 1.82 bits per heavy atom. The van der Waals surface area contributed by atoms with E-state index in [1.54, 1.807) is 0 Å². The van der Waals surface area contributed by atoms with Crippen LogP contribution in [0.5, 0.6) is 0 Å². The predicted molar refractivity (Wildman–Crippen MR) is 88.3 cm³/mol. The van der Waals surface area contributed by atoms with Crippen molar-refractivity contribution in [2.24, 2.45) is 16.7 Å². The maximum Gasteiger partial charge on any atom is 0.112 e. The standard InChI is InChI=1S/C20H25NO/c1-19(2)17-10-9-15(14-7-5-4-6-8-14)11-20(17,3)12-16(13-21)18(19)22/h4-8,15,17,22H,9-12H2,1-3H3/t15?,17-,20-/m0/s1. The highest BCUT2D eigenvalue weighted by molar-refractivity contribution is 5.34. The summed E-state index contributed by atoms with van der Waals surface area (Å²) < 4.78 is 0. The first-order valence-electron chi connectivity index (χ1n) is 8.26. The SMILES string of the molecule is CC1(C)C(O)=C(C#N)C[C@]2(C)CC(c3ccccc3)CC[C@@H]12. The molecule has 0 amide bonds. The van der Waals surface area contributed by atoms with Gasteiger partial charge in [-0.15, -0.1) is 0 Å². The molecule has 1 aromatic rings. The number of fused-ring (bicyclic) bond motifs is 1. The van der Waals surface area contributed by atoms with E-state index in [-0.39, 0.29) is 10.8 Å². The van der Waals surface area contributed by atoms with E-state index in [0.717, 1.165) is 12.8 Å². The Kier molecular flexibility index (Phi) is 3.56. The molecule has 0 aliphatic heterocycles. The highest BCUT2D eigenvalue weighted by Gasteiger charge is 2.53. The first-order valence-corrected chi connectivity index (χ1v) is 8.26. The highest BCUT2D eigenvalue weighted by atomic mass is 16.3. The third-order valence-corrected chi connectivity index (χ3v) is 6.11. The molecule has 3 rings (SSSR count). The Morgan fingerprint density at radius 3 is 2.45 bits per heavy atom. The Labute approximate surface area is 133 Å². The molecule has 2 nitrogen and oxygen atoms in total. The minimum Gasteiger partial charge on any atom is -0.511 e. The van der Waals surface area contributed by atoms with Crippen LogP contribution in [0, 0.1) is 28.1 Å². The van der Waals surface area contributed by atoms with Gasteiger partial charge in [0.05, 0.1) is 11.6 Å².